The van der Waals surface area contributed by atoms with Gasteiger partial charge in [0.2, 0.25) is 66.5 Å². The number of hydrogen-bond donors (Lipinski definition) is 11. The molecule has 3 aromatic carbocycles. The van der Waals surface area contributed by atoms with Crippen molar-refractivity contribution in [2.75, 3.05) is 72.4 Å². The van der Waals surface area contributed by atoms with Gasteiger partial charge >= 0.3 is 54.1 Å². The lowest BCUT2D eigenvalue weighted by Crippen LogP contribution is -2.55. The smallest absolute Gasteiger partial charge is 0.408 e. The van der Waals surface area contributed by atoms with Crippen LogP contribution in [0, 0.1) is 0 Å². The quantitative estimate of drug-likeness (QED) is 0.0148. The van der Waals surface area contributed by atoms with Crippen molar-refractivity contribution in [1.29, 1.82) is 0 Å². The van der Waals surface area contributed by atoms with Crippen LogP contribution in [-0.2, 0) is 110 Å². The SMILES string of the molecule is C=CCOC(=O)N[C@H]1CC(=O)OC1OCC.C=CCOc1c(Cl)cc(C(=O)N[C@@H](C)C(=O)N2CCCC2C(=O)N[C@H]2CC(=O)OC2OCC)cc1Cl.C=CCOc1c(Cl)cc(C(=O)O)cc1Cl.CCOC1OC(=O)C[C@@H]1NC(=O)C1CCCN1C(=O)[C@H](C)NC(=O)OC(C)(C)C.CCOC1OC(=O)C[C@@H]1NC(=O)C1CCCN1C(=O)[C@H](C)NC(=O)c1cc(Cl)c(O)c(Cl)c1.C[C@H](NC(=O)OC(C)(C)C)C(=O)N1CCC[C@H]1C(=O)O. The van der Waals surface area contributed by atoms with E-state index < -0.39 is 204 Å². The number of cyclic esters (lactones) is 4. The van der Waals surface area contributed by atoms with E-state index in [1.165, 1.54) is 95.0 Å². The lowest BCUT2D eigenvalue weighted by atomic mass is 10.1. The number of phenolic OH excluding ortho intramolecular Hbond substituents is 1. The largest absolute Gasteiger partial charge is 0.505 e. The monoisotopic (exact) mass is 2220 g/mol. The Labute approximate surface area is 890 Å². The number of nitrogens with zero attached hydrogens (tertiary/aromatic N) is 4. The average molecular weight is 2220 g/mol. The number of carbonyl (C=O) groups is 18. The summed E-state index contributed by atoms with van der Waals surface area (Å²) in [5.74, 6) is -7.68. The Kier molecular flexibility index (Phi) is 50.4. The molecular weight excluding hydrogens is 2090 g/mol. The molecule has 8 aliphatic heterocycles. The maximum absolute atomic E-state index is 13.1. The zero-order valence-electron chi connectivity index (χ0n) is 84.9. The number of aliphatic carboxylic acids is 1. The number of carbonyl (C=O) groups excluding carboxylic acids is 16. The number of alkyl carbamates (subject to hydrolysis) is 3. The number of aromatic carboxylic acids is 1. The highest BCUT2D eigenvalue weighted by Gasteiger charge is 2.47. The molecule has 8 saturated heterocycles. The number of aromatic hydroxyl groups is 1. The predicted molar refractivity (Wildman–Crippen MR) is 536 cm³/mol. The van der Waals surface area contributed by atoms with E-state index in [0.29, 0.717) is 104 Å². The third kappa shape index (κ3) is 38.9. The third-order valence-corrected chi connectivity index (χ3v) is 23.9. The van der Waals surface area contributed by atoms with Crippen LogP contribution in [0.25, 0.3) is 0 Å². The molecule has 3 aromatic rings. The van der Waals surface area contributed by atoms with Crippen LogP contribution >= 0.6 is 69.6 Å². The van der Waals surface area contributed by atoms with E-state index in [-0.39, 0.29) is 121 Å². The summed E-state index contributed by atoms with van der Waals surface area (Å²) in [6.45, 7) is 37.4. The normalized spacial score (nSPS) is 21.7. The van der Waals surface area contributed by atoms with Gasteiger partial charge in [-0.2, -0.15) is 0 Å². The van der Waals surface area contributed by atoms with Gasteiger partial charge in [-0.1, -0.05) is 108 Å². The number of amides is 12. The van der Waals surface area contributed by atoms with E-state index in [1.54, 1.807) is 76.2 Å². The average Bonchev–Trinajstić information content (AvgIpc) is 1.70. The predicted octanol–water partition coefficient (Wildman–Crippen LogP) is 9.56. The van der Waals surface area contributed by atoms with Gasteiger partial charge in [0.15, 0.2) is 17.2 Å². The first kappa shape index (κ1) is 125. The number of carboxylic acids is 2. The number of phenols is 1. The fourth-order valence-corrected chi connectivity index (χ4v) is 17.3. The van der Waals surface area contributed by atoms with Gasteiger partial charge in [0, 0.05) is 63.7 Å². The van der Waals surface area contributed by atoms with E-state index in [9.17, 15) is 91.4 Å². The summed E-state index contributed by atoms with van der Waals surface area (Å²) in [4.78, 5) is 223. The fraction of sp³-hybridized carbons (Fsp3) is 0.567. The van der Waals surface area contributed by atoms with Crippen LogP contribution in [-0.4, -0.2) is 323 Å². The van der Waals surface area contributed by atoms with E-state index >= 15 is 0 Å². The van der Waals surface area contributed by atoms with Crippen LogP contribution < -0.4 is 52.0 Å². The second-order valence-corrected chi connectivity index (χ2v) is 38.6. The lowest BCUT2D eigenvalue weighted by Gasteiger charge is -2.29. The number of halogens is 6. The first-order chi connectivity index (χ1) is 70.1. The van der Waals surface area contributed by atoms with Crippen LogP contribution in [0.4, 0.5) is 14.4 Å². The summed E-state index contributed by atoms with van der Waals surface area (Å²) >= 11 is 35.7. The topological polar surface area (TPSA) is 597 Å². The van der Waals surface area contributed by atoms with Gasteiger partial charge in [-0.3, -0.25) is 62.3 Å². The van der Waals surface area contributed by atoms with Crippen molar-refractivity contribution in [3.8, 4) is 17.2 Å². The third-order valence-electron chi connectivity index (χ3n) is 22.2. The molecule has 8 heterocycles. The Morgan fingerprint density at radius 1 is 0.396 bits per heavy atom. The summed E-state index contributed by atoms with van der Waals surface area (Å²) in [6, 6.07) is -1.00. The standard InChI is InChI=1S/C24H29Cl2N3O7.C21H25Cl2N3O7.C19H31N3O7.C13H22N2O5.C10H8Cl2O3.C10H15NO5/c1-4-9-35-20-15(25)10-14(11-16(20)26)21(31)27-13(3)23(33)29-8-6-7-18(29)22(32)28-17-12-19(30)36-24(17)34-5-2;1-3-32-21-14(9-16(27)33-21)25-19(30)15-5-4-6-26(15)20(31)10(2)24-18(29)11-7-12(22)17(28)13(23)8-11;1-6-27-17-12(10-14(23)28-17)21-15(24)13-8-7-9-22(13)16(25)11(2)20-18(26)29-19(3,4)5;1-8(14-12(19)20-13(2,3)4)10(16)15-7-5-6-9(15)11(17)18;1-2-3-15-9-7(11)4-6(10(13)14)5-8(9)12;1-3-5-15-10(13)11-7-6-8(12)16-9(7)14-4-2/h4,10-11,13,17-18,24H,1,5-9,12H2,2-3H3,(H,27,31)(H,28,32);7-8,10,14-15,21,28H,3-6,9H2,1-2H3,(H,24,29)(H,25,30);11-13,17H,6-10H2,1-5H3,(H,20,26)(H,21,24);8-9H,5-7H2,1-4H3,(H,14,19)(H,17,18);2,4-5H,1,3H2,(H,13,14);3,7,9H,1,4-6H2,2H3,(H,11,13)/t13-,17-,18?,24?;10-,14-,15?,21?;11-,12-,13?,17?;8-,9-;;7-,9?/m0000.0/s1. The van der Waals surface area contributed by atoms with E-state index in [1.807, 2.05) is 0 Å². The number of hydrogen-bond acceptors (Lipinski definition) is 32. The van der Waals surface area contributed by atoms with Crippen molar-refractivity contribution in [1.82, 2.24) is 62.1 Å². The highest BCUT2D eigenvalue weighted by molar-refractivity contribution is 6.39. The number of carboxylic acid groups (broad SMARTS) is 2. The van der Waals surface area contributed by atoms with E-state index in [2.05, 4.69) is 62.3 Å². The Bertz CT molecular complexity index is 5230. The molecule has 149 heavy (non-hydrogen) atoms. The molecule has 7 unspecified atom stereocenters. The number of esters is 4. The van der Waals surface area contributed by atoms with Crippen molar-refractivity contribution in [3.05, 3.63) is 121 Å². The van der Waals surface area contributed by atoms with E-state index in [4.69, 9.17) is 141 Å². The van der Waals surface area contributed by atoms with Crippen LogP contribution in [0.2, 0.25) is 30.1 Å². The Morgan fingerprint density at radius 3 is 0.926 bits per heavy atom. The molecule has 0 bridgehead atoms. The molecule has 0 aliphatic carbocycles. The van der Waals surface area contributed by atoms with Gasteiger partial charge in [-0.25, -0.2) is 24.0 Å². The highest BCUT2D eigenvalue weighted by Crippen LogP contribution is 2.38. The summed E-state index contributed by atoms with van der Waals surface area (Å²) in [6.07, 6.45) is 3.74. The molecule has 46 nitrogen and oxygen atoms in total. The number of rotatable bonds is 35. The first-order valence-electron chi connectivity index (χ1n) is 47.8. The molecule has 0 saturated carbocycles. The Balaban J connectivity index is 0.000000281. The molecule has 8 aliphatic rings. The molecular formula is C97H130Cl6N12O34. The van der Waals surface area contributed by atoms with Gasteiger partial charge in [0.1, 0.15) is 104 Å². The van der Waals surface area contributed by atoms with Gasteiger partial charge in [-0.05, 0) is 185 Å². The van der Waals surface area contributed by atoms with Crippen molar-refractivity contribution in [3.63, 3.8) is 0 Å². The molecule has 11 N–H and O–H groups in total. The minimum atomic E-state index is -1.09. The molecule has 11 rings (SSSR count). The van der Waals surface area contributed by atoms with Crippen molar-refractivity contribution < 1.29 is 163 Å². The first-order valence-corrected chi connectivity index (χ1v) is 50.0. The molecule has 8 fully saturated rings. The Hall–Kier alpha value is -12.3. The number of likely N-dealkylation sites (tertiary alicyclic amines) is 4. The van der Waals surface area contributed by atoms with Crippen molar-refractivity contribution in [2.24, 2.45) is 0 Å². The minimum absolute atomic E-state index is 0.00787. The van der Waals surface area contributed by atoms with Gasteiger partial charge < -0.3 is 139 Å². The minimum Gasteiger partial charge on any atom is -0.505 e. The highest BCUT2D eigenvalue weighted by atomic mass is 35.5. The molecule has 824 valence electrons. The maximum atomic E-state index is 13.1. The summed E-state index contributed by atoms with van der Waals surface area (Å²) in [5, 5.41) is 48.8. The zero-order valence-corrected chi connectivity index (χ0v) is 89.4. The van der Waals surface area contributed by atoms with Crippen molar-refractivity contribution in [2.45, 2.75) is 283 Å². The van der Waals surface area contributed by atoms with Crippen LogP contribution in [0.3, 0.4) is 0 Å². The van der Waals surface area contributed by atoms with Gasteiger partial charge in [0.25, 0.3) is 11.8 Å². The summed E-state index contributed by atoms with van der Waals surface area (Å²) < 4.78 is 66.8. The number of benzene rings is 3. The molecule has 0 radical (unpaired) electrons. The number of ether oxygens (including phenoxy) is 13. The molecule has 52 heteroatoms. The van der Waals surface area contributed by atoms with Gasteiger partial charge in [0.05, 0.1) is 61.4 Å². The molecule has 12 amide bonds. The Morgan fingerprint density at radius 2 is 0.658 bits per heavy atom. The maximum Gasteiger partial charge on any atom is 0.408 e. The zero-order chi connectivity index (χ0) is 111. The van der Waals surface area contributed by atoms with Crippen LogP contribution in [0.5, 0.6) is 17.2 Å². The number of nitrogens with one attached hydrogen (secondary N) is 8. The van der Waals surface area contributed by atoms with Crippen molar-refractivity contribution >= 4 is 177 Å². The second-order valence-electron chi connectivity index (χ2n) is 36.1. The molecule has 16 atom stereocenters. The summed E-state index contributed by atoms with van der Waals surface area (Å²) in [5.41, 5.74) is -1.08. The summed E-state index contributed by atoms with van der Waals surface area (Å²) in [7, 11) is 0. The van der Waals surface area contributed by atoms with Crippen LogP contribution in [0.15, 0.2) is 74.4 Å². The fourth-order valence-electron chi connectivity index (χ4n) is 15.6. The van der Waals surface area contributed by atoms with Gasteiger partial charge in [-0.15, -0.1) is 0 Å². The lowest BCUT2D eigenvalue weighted by molar-refractivity contribution is -0.165. The van der Waals surface area contributed by atoms with E-state index in [0.717, 1.165) is 0 Å². The molecule has 0 spiro atoms. The molecule has 0 aromatic heterocycles. The van der Waals surface area contributed by atoms with Crippen LogP contribution in [0.1, 0.15) is 205 Å². The second kappa shape index (κ2) is 59.9.